The quantitative estimate of drug-likeness (QED) is 0.650. The van der Waals surface area contributed by atoms with Crippen LogP contribution in [0, 0.1) is 0 Å². The molecule has 2 rings (SSSR count). The molecule has 0 aliphatic carbocycles. The van der Waals surface area contributed by atoms with Gasteiger partial charge in [0.2, 0.25) is 0 Å². The van der Waals surface area contributed by atoms with E-state index in [0.29, 0.717) is 5.16 Å². The Kier molecular flexibility index (Phi) is 5.15. The standard InChI is InChI=1S/C14H17N3OS/c1-2-3-6-12-8-13(18)17-14(16-12)19-10-11-5-4-7-15-9-11/h4-5,7-9H,2-3,6,10H2,1H3,(H,16,17,18). The van der Waals surface area contributed by atoms with Crippen LogP contribution < -0.4 is 5.56 Å². The van der Waals surface area contributed by atoms with Gasteiger partial charge in [0.15, 0.2) is 5.16 Å². The first-order chi connectivity index (χ1) is 9.28. The fraction of sp³-hybridized carbons (Fsp3) is 0.357. The van der Waals surface area contributed by atoms with E-state index >= 15 is 0 Å². The van der Waals surface area contributed by atoms with Crippen LogP contribution in [0.25, 0.3) is 0 Å². The molecule has 19 heavy (non-hydrogen) atoms. The van der Waals surface area contributed by atoms with Gasteiger partial charge in [0, 0.05) is 29.9 Å². The van der Waals surface area contributed by atoms with Crippen molar-refractivity contribution in [1.29, 1.82) is 0 Å². The van der Waals surface area contributed by atoms with Gasteiger partial charge >= 0.3 is 0 Å². The first-order valence-electron chi connectivity index (χ1n) is 6.40. The van der Waals surface area contributed by atoms with Crippen molar-refractivity contribution < 1.29 is 0 Å². The van der Waals surface area contributed by atoms with Gasteiger partial charge in [0.05, 0.1) is 0 Å². The van der Waals surface area contributed by atoms with E-state index in [1.54, 1.807) is 12.3 Å². The number of hydrogen-bond acceptors (Lipinski definition) is 4. The van der Waals surface area contributed by atoms with Crippen LogP contribution in [0.3, 0.4) is 0 Å². The van der Waals surface area contributed by atoms with Crippen molar-refractivity contribution >= 4 is 11.8 Å². The van der Waals surface area contributed by atoms with Crippen LogP contribution in [-0.2, 0) is 12.2 Å². The highest BCUT2D eigenvalue weighted by Gasteiger charge is 2.03. The Bertz CT molecular complexity index is 568. The minimum Gasteiger partial charge on any atom is -0.301 e. The van der Waals surface area contributed by atoms with Gasteiger partial charge in [0.25, 0.3) is 5.56 Å². The number of nitrogens with one attached hydrogen (secondary N) is 1. The van der Waals surface area contributed by atoms with E-state index in [-0.39, 0.29) is 5.56 Å². The van der Waals surface area contributed by atoms with Crippen molar-refractivity contribution in [3.8, 4) is 0 Å². The SMILES string of the molecule is CCCCc1cc(=O)[nH]c(SCc2cccnc2)n1. The Labute approximate surface area is 116 Å². The lowest BCUT2D eigenvalue weighted by Gasteiger charge is -2.03. The number of H-pyrrole nitrogens is 1. The molecule has 1 N–H and O–H groups in total. The molecule has 0 saturated heterocycles. The smallest absolute Gasteiger partial charge is 0.251 e. The normalized spacial score (nSPS) is 10.6. The Balaban J connectivity index is 2.03. The molecule has 0 bridgehead atoms. The first-order valence-corrected chi connectivity index (χ1v) is 7.38. The van der Waals surface area contributed by atoms with E-state index in [4.69, 9.17) is 0 Å². The summed E-state index contributed by atoms with van der Waals surface area (Å²) in [5.74, 6) is 0.758. The summed E-state index contributed by atoms with van der Waals surface area (Å²) in [7, 11) is 0. The monoisotopic (exact) mass is 275 g/mol. The van der Waals surface area contributed by atoms with Crippen molar-refractivity contribution in [2.24, 2.45) is 0 Å². The lowest BCUT2D eigenvalue weighted by Crippen LogP contribution is -2.10. The van der Waals surface area contributed by atoms with E-state index in [1.807, 2.05) is 18.3 Å². The molecule has 0 saturated carbocycles. The summed E-state index contributed by atoms with van der Waals surface area (Å²) in [4.78, 5) is 22.9. The summed E-state index contributed by atoms with van der Waals surface area (Å²) in [5, 5.41) is 0.683. The predicted octanol–water partition coefficient (Wildman–Crippen LogP) is 2.80. The van der Waals surface area contributed by atoms with Crippen LogP contribution in [0.1, 0.15) is 31.0 Å². The maximum absolute atomic E-state index is 11.6. The zero-order valence-electron chi connectivity index (χ0n) is 10.9. The van der Waals surface area contributed by atoms with Gasteiger partial charge < -0.3 is 4.98 Å². The highest BCUT2D eigenvalue weighted by molar-refractivity contribution is 7.98. The second kappa shape index (κ2) is 7.09. The van der Waals surface area contributed by atoms with Crippen LogP contribution in [0.5, 0.6) is 0 Å². The van der Waals surface area contributed by atoms with Gasteiger partial charge in [-0.1, -0.05) is 31.2 Å². The summed E-state index contributed by atoms with van der Waals surface area (Å²) in [5.41, 5.74) is 1.92. The van der Waals surface area contributed by atoms with E-state index in [1.165, 1.54) is 11.8 Å². The second-order valence-corrected chi connectivity index (χ2v) is 5.26. The number of thioether (sulfide) groups is 1. The van der Waals surface area contributed by atoms with Crippen LogP contribution in [-0.4, -0.2) is 15.0 Å². The molecule has 4 nitrogen and oxygen atoms in total. The number of nitrogens with zero attached hydrogens (tertiary/aromatic N) is 2. The van der Waals surface area contributed by atoms with Crippen LogP contribution >= 0.6 is 11.8 Å². The Morgan fingerprint density at radius 2 is 2.32 bits per heavy atom. The van der Waals surface area contributed by atoms with Crippen molar-refractivity contribution in [3.05, 3.63) is 52.2 Å². The number of aromatic nitrogens is 3. The second-order valence-electron chi connectivity index (χ2n) is 4.30. The summed E-state index contributed by atoms with van der Waals surface area (Å²) < 4.78 is 0. The molecule has 5 heteroatoms. The molecular weight excluding hydrogens is 258 g/mol. The molecule has 0 aliphatic rings. The van der Waals surface area contributed by atoms with Crippen LogP contribution in [0.4, 0.5) is 0 Å². The topological polar surface area (TPSA) is 58.6 Å². The van der Waals surface area contributed by atoms with Crippen LogP contribution in [0.2, 0.25) is 0 Å². The molecule has 0 atom stereocenters. The molecule has 0 amide bonds. The lowest BCUT2D eigenvalue weighted by atomic mass is 10.2. The third kappa shape index (κ3) is 4.52. The maximum Gasteiger partial charge on any atom is 0.251 e. The molecule has 0 spiro atoms. The first kappa shape index (κ1) is 13.8. The Hall–Kier alpha value is -1.62. The molecule has 0 aromatic carbocycles. The average Bonchev–Trinajstić information content (AvgIpc) is 2.43. The minimum atomic E-state index is -0.0743. The van der Waals surface area contributed by atoms with E-state index < -0.39 is 0 Å². The van der Waals surface area contributed by atoms with Crippen molar-refractivity contribution in [2.75, 3.05) is 0 Å². The van der Waals surface area contributed by atoms with E-state index in [2.05, 4.69) is 21.9 Å². The molecule has 2 heterocycles. The summed E-state index contributed by atoms with van der Waals surface area (Å²) in [6.07, 6.45) is 6.60. The molecule has 0 radical (unpaired) electrons. The fourth-order valence-electron chi connectivity index (χ4n) is 1.67. The van der Waals surface area contributed by atoms with E-state index in [9.17, 15) is 4.79 Å². The molecule has 2 aromatic heterocycles. The number of unbranched alkanes of at least 4 members (excludes halogenated alkanes) is 1. The number of aromatic amines is 1. The number of aryl methyl sites for hydroxylation is 1. The summed E-state index contributed by atoms with van der Waals surface area (Å²) in [6, 6.07) is 5.51. The van der Waals surface area contributed by atoms with Crippen molar-refractivity contribution in [3.63, 3.8) is 0 Å². The van der Waals surface area contributed by atoms with Gasteiger partial charge in [-0.25, -0.2) is 4.98 Å². The largest absolute Gasteiger partial charge is 0.301 e. The highest BCUT2D eigenvalue weighted by atomic mass is 32.2. The van der Waals surface area contributed by atoms with Gasteiger partial charge in [-0.15, -0.1) is 0 Å². The third-order valence-corrected chi connectivity index (χ3v) is 3.60. The molecule has 0 fully saturated rings. The van der Waals surface area contributed by atoms with Gasteiger partial charge in [0.1, 0.15) is 0 Å². The maximum atomic E-state index is 11.6. The number of pyridine rings is 1. The Morgan fingerprint density at radius 3 is 3.05 bits per heavy atom. The molecule has 0 unspecified atom stereocenters. The van der Waals surface area contributed by atoms with E-state index in [0.717, 1.165) is 36.3 Å². The zero-order valence-corrected chi connectivity index (χ0v) is 11.7. The van der Waals surface area contributed by atoms with Gasteiger partial charge in [-0.05, 0) is 24.5 Å². The zero-order chi connectivity index (χ0) is 13.5. The van der Waals surface area contributed by atoms with Crippen molar-refractivity contribution in [2.45, 2.75) is 37.1 Å². The average molecular weight is 275 g/mol. The number of rotatable bonds is 6. The molecule has 100 valence electrons. The lowest BCUT2D eigenvalue weighted by molar-refractivity contribution is 0.752. The van der Waals surface area contributed by atoms with Crippen LogP contribution in [0.15, 0.2) is 40.5 Å². The fourth-order valence-corrected chi connectivity index (χ4v) is 2.50. The highest BCUT2D eigenvalue weighted by Crippen LogP contribution is 2.17. The summed E-state index contributed by atoms with van der Waals surface area (Å²) in [6.45, 7) is 2.13. The predicted molar refractivity (Wildman–Crippen MR) is 77.3 cm³/mol. The summed E-state index contributed by atoms with van der Waals surface area (Å²) >= 11 is 1.53. The molecular formula is C14H17N3OS. The van der Waals surface area contributed by atoms with Crippen molar-refractivity contribution in [1.82, 2.24) is 15.0 Å². The number of hydrogen-bond donors (Lipinski definition) is 1. The van der Waals surface area contributed by atoms with Gasteiger partial charge in [-0.2, -0.15) is 0 Å². The minimum absolute atomic E-state index is 0.0743. The van der Waals surface area contributed by atoms with Gasteiger partial charge in [-0.3, -0.25) is 9.78 Å². The molecule has 2 aromatic rings. The molecule has 0 aliphatic heterocycles. The Morgan fingerprint density at radius 1 is 1.42 bits per heavy atom. The third-order valence-electron chi connectivity index (χ3n) is 2.66.